The summed E-state index contributed by atoms with van der Waals surface area (Å²) in [5.41, 5.74) is 2.09. The van der Waals surface area contributed by atoms with Crippen molar-refractivity contribution in [3.63, 3.8) is 0 Å². The van der Waals surface area contributed by atoms with E-state index in [-0.39, 0.29) is 24.2 Å². The first-order valence-electron chi connectivity index (χ1n) is 9.70. The van der Waals surface area contributed by atoms with Gasteiger partial charge in [0.15, 0.2) is 11.5 Å². The Morgan fingerprint density at radius 1 is 1.21 bits per heavy atom. The molecule has 1 saturated heterocycles. The second-order valence-electron chi connectivity index (χ2n) is 7.34. The van der Waals surface area contributed by atoms with Gasteiger partial charge in [-0.25, -0.2) is 0 Å². The van der Waals surface area contributed by atoms with Gasteiger partial charge in [-0.15, -0.1) is 0 Å². The van der Waals surface area contributed by atoms with Crippen LogP contribution in [0, 0.1) is 17.0 Å². The number of carbonyl (C=O) groups excluding carboxylic acids is 1. The van der Waals surface area contributed by atoms with E-state index >= 15 is 0 Å². The number of benzene rings is 2. The third-order valence-corrected chi connectivity index (χ3v) is 5.35. The van der Waals surface area contributed by atoms with E-state index < -0.39 is 4.92 Å². The summed E-state index contributed by atoms with van der Waals surface area (Å²) in [6.45, 7) is 3.81. The fourth-order valence-electron chi connectivity index (χ4n) is 3.93. The van der Waals surface area contributed by atoms with Gasteiger partial charge in [-0.2, -0.15) is 0 Å². The molecule has 8 nitrogen and oxygen atoms in total. The molecule has 1 amide bonds. The zero-order valence-corrected chi connectivity index (χ0v) is 16.2. The van der Waals surface area contributed by atoms with Crippen molar-refractivity contribution < 1.29 is 19.2 Å². The quantitative estimate of drug-likeness (QED) is 0.613. The minimum absolute atomic E-state index is 0.00173. The molecule has 4 rings (SSSR count). The van der Waals surface area contributed by atoms with Gasteiger partial charge in [0.2, 0.25) is 5.91 Å². The van der Waals surface area contributed by atoms with Crippen molar-refractivity contribution in [3.05, 3.63) is 57.6 Å². The van der Waals surface area contributed by atoms with E-state index in [2.05, 4.69) is 10.2 Å². The van der Waals surface area contributed by atoms with Gasteiger partial charge in [0, 0.05) is 23.4 Å². The van der Waals surface area contributed by atoms with E-state index in [0.717, 1.165) is 36.4 Å². The van der Waals surface area contributed by atoms with Crippen LogP contribution in [0.2, 0.25) is 0 Å². The smallest absolute Gasteiger partial charge is 0.274 e. The molecule has 2 aromatic rings. The predicted octanol–water partition coefficient (Wildman–Crippen LogP) is 3.45. The number of amides is 1. The number of hydrogen-bond acceptors (Lipinski definition) is 6. The Bertz CT molecular complexity index is 946. The van der Waals surface area contributed by atoms with Crippen LogP contribution in [0.1, 0.15) is 30.0 Å². The molecule has 1 unspecified atom stereocenters. The molecule has 0 spiro atoms. The molecule has 1 N–H and O–H groups in total. The van der Waals surface area contributed by atoms with Crippen LogP contribution in [-0.4, -0.2) is 42.0 Å². The van der Waals surface area contributed by atoms with Crippen molar-refractivity contribution in [1.82, 2.24) is 4.90 Å². The maximum Gasteiger partial charge on any atom is 0.274 e. The fraction of sp³-hybridized carbons (Fsp3) is 0.381. The van der Waals surface area contributed by atoms with Gasteiger partial charge in [0.1, 0.15) is 13.2 Å². The molecule has 0 aliphatic carbocycles. The van der Waals surface area contributed by atoms with Crippen LogP contribution in [-0.2, 0) is 4.79 Å². The summed E-state index contributed by atoms with van der Waals surface area (Å²) in [5, 5.41) is 13.9. The second kappa shape index (κ2) is 8.08. The molecule has 0 bridgehead atoms. The Hall–Kier alpha value is -3.13. The number of nitrogens with zero attached hydrogens (tertiary/aromatic N) is 2. The molecular formula is C21H23N3O5. The number of nitro groups is 1. The normalized spacial score (nSPS) is 18.4. The van der Waals surface area contributed by atoms with Crippen molar-refractivity contribution in [3.8, 4) is 11.5 Å². The van der Waals surface area contributed by atoms with Crippen molar-refractivity contribution in [2.24, 2.45) is 0 Å². The molecule has 0 radical (unpaired) electrons. The van der Waals surface area contributed by atoms with Crippen LogP contribution in [0.15, 0.2) is 36.4 Å². The van der Waals surface area contributed by atoms with Gasteiger partial charge >= 0.3 is 0 Å². The maximum absolute atomic E-state index is 12.6. The molecule has 2 aromatic carbocycles. The van der Waals surface area contributed by atoms with E-state index in [1.165, 1.54) is 6.07 Å². The summed E-state index contributed by atoms with van der Waals surface area (Å²) >= 11 is 0. The Labute approximate surface area is 168 Å². The third-order valence-electron chi connectivity index (χ3n) is 5.35. The van der Waals surface area contributed by atoms with Crippen LogP contribution in [0.4, 0.5) is 11.4 Å². The molecule has 1 atom stereocenters. The molecule has 0 aromatic heterocycles. The summed E-state index contributed by atoms with van der Waals surface area (Å²) < 4.78 is 11.3. The molecule has 2 heterocycles. The van der Waals surface area contributed by atoms with Gasteiger partial charge in [-0.05, 0) is 50.1 Å². The highest BCUT2D eigenvalue weighted by Crippen LogP contribution is 2.38. The average molecular weight is 397 g/mol. The van der Waals surface area contributed by atoms with Gasteiger partial charge in [-0.1, -0.05) is 12.1 Å². The van der Waals surface area contributed by atoms with Crippen molar-refractivity contribution in [1.29, 1.82) is 0 Å². The number of hydrogen-bond donors (Lipinski definition) is 1. The topological polar surface area (TPSA) is 93.9 Å². The van der Waals surface area contributed by atoms with Crippen LogP contribution >= 0.6 is 0 Å². The highest BCUT2D eigenvalue weighted by atomic mass is 16.6. The molecule has 1 fully saturated rings. The summed E-state index contributed by atoms with van der Waals surface area (Å²) in [6, 6.07) is 10.8. The van der Waals surface area contributed by atoms with Crippen LogP contribution in [0.25, 0.3) is 0 Å². The Morgan fingerprint density at radius 2 is 2.00 bits per heavy atom. The highest BCUT2D eigenvalue weighted by Gasteiger charge is 2.29. The standard InChI is InChI=1S/C21H23N3O5/c1-14-4-6-16(12-18(14)24(26)27)22-21(25)13-23-8-2-3-17(23)15-5-7-19-20(11-15)29-10-9-28-19/h4-7,11-12,17H,2-3,8-10,13H2,1H3,(H,22,25). The molecule has 2 aliphatic heterocycles. The number of fused-ring (bicyclic) bond motifs is 1. The third kappa shape index (κ3) is 4.17. The maximum atomic E-state index is 12.6. The van der Waals surface area contributed by atoms with Gasteiger partial charge in [-0.3, -0.25) is 19.8 Å². The average Bonchev–Trinajstić information content (AvgIpc) is 3.16. The Balaban J connectivity index is 1.44. The van der Waals surface area contributed by atoms with Crippen LogP contribution < -0.4 is 14.8 Å². The lowest BCUT2D eigenvalue weighted by molar-refractivity contribution is -0.385. The fourth-order valence-corrected chi connectivity index (χ4v) is 3.93. The monoisotopic (exact) mass is 397 g/mol. The first-order chi connectivity index (χ1) is 14.0. The van der Waals surface area contributed by atoms with E-state index in [9.17, 15) is 14.9 Å². The Kier molecular flexibility index (Phi) is 5.35. The predicted molar refractivity (Wildman–Crippen MR) is 107 cm³/mol. The first-order valence-corrected chi connectivity index (χ1v) is 9.70. The van der Waals surface area contributed by atoms with E-state index in [0.29, 0.717) is 24.5 Å². The SMILES string of the molecule is Cc1ccc(NC(=O)CN2CCCC2c2ccc3c(c2)OCCO3)cc1[N+](=O)[O-]. The number of likely N-dealkylation sites (tertiary alicyclic amines) is 1. The molecule has 2 aliphatic rings. The zero-order valence-electron chi connectivity index (χ0n) is 16.2. The number of rotatable bonds is 5. The summed E-state index contributed by atoms with van der Waals surface area (Å²) in [4.78, 5) is 25.4. The van der Waals surface area contributed by atoms with Crippen LogP contribution in [0.3, 0.4) is 0 Å². The number of anilines is 1. The van der Waals surface area contributed by atoms with Gasteiger partial charge < -0.3 is 14.8 Å². The number of carbonyl (C=O) groups is 1. The molecule has 29 heavy (non-hydrogen) atoms. The van der Waals surface area contributed by atoms with Gasteiger partial charge in [0.25, 0.3) is 5.69 Å². The molecule has 152 valence electrons. The van der Waals surface area contributed by atoms with E-state index in [1.807, 2.05) is 18.2 Å². The summed E-state index contributed by atoms with van der Waals surface area (Å²) in [7, 11) is 0. The van der Waals surface area contributed by atoms with E-state index in [4.69, 9.17) is 9.47 Å². The van der Waals surface area contributed by atoms with Crippen LogP contribution in [0.5, 0.6) is 11.5 Å². The lowest BCUT2D eigenvalue weighted by Gasteiger charge is -2.26. The highest BCUT2D eigenvalue weighted by molar-refractivity contribution is 5.92. The first kappa shape index (κ1) is 19.2. The Morgan fingerprint density at radius 3 is 2.79 bits per heavy atom. The number of aryl methyl sites for hydroxylation is 1. The van der Waals surface area contributed by atoms with Gasteiger partial charge in [0.05, 0.1) is 11.5 Å². The van der Waals surface area contributed by atoms with Crippen molar-refractivity contribution in [2.45, 2.75) is 25.8 Å². The number of nitro benzene ring substituents is 1. The minimum atomic E-state index is -0.441. The van der Waals surface area contributed by atoms with Crippen molar-refractivity contribution in [2.75, 3.05) is 31.6 Å². The number of nitrogens with one attached hydrogen (secondary N) is 1. The summed E-state index contributed by atoms with van der Waals surface area (Å²) in [6.07, 6.45) is 1.96. The lowest BCUT2D eigenvalue weighted by Crippen LogP contribution is -2.33. The molecule has 0 saturated carbocycles. The van der Waals surface area contributed by atoms with Crippen molar-refractivity contribution >= 4 is 17.3 Å². The molecular weight excluding hydrogens is 374 g/mol. The second-order valence-corrected chi connectivity index (χ2v) is 7.34. The molecule has 8 heteroatoms. The minimum Gasteiger partial charge on any atom is -0.486 e. The zero-order chi connectivity index (χ0) is 20.4. The summed E-state index contributed by atoms with van der Waals surface area (Å²) in [5.74, 6) is 1.31. The lowest BCUT2D eigenvalue weighted by atomic mass is 10.0. The largest absolute Gasteiger partial charge is 0.486 e. The number of ether oxygens (including phenoxy) is 2. The van der Waals surface area contributed by atoms with E-state index in [1.54, 1.807) is 19.1 Å².